The second-order valence-electron chi connectivity index (χ2n) is 4.29. The van der Waals surface area contributed by atoms with Crippen LogP contribution in [0.2, 0.25) is 0 Å². The molecule has 0 spiro atoms. The van der Waals surface area contributed by atoms with E-state index < -0.39 is 0 Å². The summed E-state index contributed by atoms with van der Waals surface area (Å²) in [4.78, 5) is 11.3. The highest BCUT2D eigenvalue weighted by Gasteiger charge is 2.30. The Morgan fingerprint density at radius 1 is 1.29 bits per heavy atom. The molecule has 0 bridgehead atoms. The van der Waals surface area contributed by atoms with Crippen molar-refractivity contribution in [2.45, 2.75) is 46.1 Å². The maximum absolute atomic E-state index is 11.3. The van der Waals surface area contributed by atoms with Crippen LogP contribution in [-0.4, -0.2) is 12.1 Å². The fourth-order valence-electron chi connectivity index (χ4n) is 2.19. The average Bonchev–Trinajstić information content (AvgIpc) is 2.12. The molecule has 0 saturated heterocycles. The second kappa shape index (κ2) is 5.18. The predicted molar refractivity (Wildman–Crippen MR) is 56.9 cm³/mol. The minimum Gasteiger partial charge on any atom is -0.459 e. The molecule has 0 aromatic heterocycles. The van der Waals surface area contributed by atoms with Gasteiger partial charge in [-0.25, -0.2) is 4.79 Å². The van der Waals surface area contributed by atoms with Crippen molar-refractivity contribution in [3.8, 4) is 0 Å². The minimum atomic E-state index is -0.196. The summed E-state index contributed by atoms with van der Waals surface area (Å²) in [5.74, 6) is 0.819. The Bertz CT molecular complexity index is 210. The van der Waals surface area contributed by atoms with Crippen LogP contribution < -0.4 is 0 Å². The highest BCUT2D eigenvalue weighted by molar-refractivity contribution is 5.81. The van der Waals surface area contributed by atoms with Crippen LogP contribution in [0.4, 0.5) is 0 Å². The molecule has 0 heterocycles. The summed E-state index contributed by atoms with van der Waals surface area (Å²) in [6, 6.07) is 0. The Morgan fingerprint density at radius 2 is 1.86 bits per heavy atom. The maximum Gasteiger partial charge on any atom is 0.330 e. The lowest BCUT2D eigenvalue weighted by Gasteiger charge is -2.33. The van der Waals surface area contributed by atoms with Gasteiger partial charge in [-0.3, -0.25) is 0 Å². The Hall–Kier alpha value is -0.790. The molecule has 0 N–H and O–H groups in total. The number of allylic oxidation sites excluding steroid dienone is 1. The second-order valence-corrected chi connectivity index (χ2v) is 4.29. The fourth-order valence-corrected chi connectivity index (χ4v) is 2.19. The van der Waals surface area contributed by atoms with Crippen LogP contribution in [0.1, 0.15) is 40.0 Å². The summed E-state index contributed by atoms with van der Waals surface area (Å²) in [7, 11) is 0. The third kappa shape index (κ3) is 2.86. The molecule has 2 heteroatoms. The van der Waals surface area contributed by atoms with Crippen molar-refractivity contribution in [2.75, 3.05) is 0 Å². The molecule has 3 atom stereocenters. The Kier molecular flexibility index (Phi) is 4.18. The van der Waals surface area contributed by atoms with E-state index in [1.165, 1.54) is 25.3 Å². The molecule has 0 aromatic rings. The van der Waals surface area contributed by atoms with E-state index in [0.717, 1.165) is 0 Å². The van der Waals surface area contributed by atoms with Gasteiger partial charge in [0.2, 0.25) is 0 Å². The molecule has 1 rings (SSSR count). The van der Waals surface area contributed by atoms with Crippen molar-refractivity contribution in [3.05, 3.63) is 12.2 Å². The number of esters is 1. The first-order valence-corrected chi connectivity index (χ1v) is 5.48. The van der Waals surface area contributed by atoms with Gasteiger partial charge in [0.05, 0.1) is 0 Å². The zero-order valence-electron chi connectivity index (χ0n) is 9.32. The fraction of sp³-hybridized carbons (Fsp3) is 0.750. The molecular weight excluding hydrogens is 176 g/mol. The molecule has 1 fully saturated rings. The highest BCUT2D eigenvalue weighted by Crippen LogP contribution is 2.31. The molecule has 0 amide bonds. The molecule has 1 aliphatic rings. The Labute approximate surface area is 86.3 Å². The molecule has 14 heavy (non-hydrogen) atoms. The first-order valence-electron chi connectivity index (χ1n) is 5.48. The molecule has 0 aliphatic heterocycles. The van der Waals surface area contributed by atoms with Gasteiger partial charge in [-0.05, 0) is 31.6 Å². The van der Waals surface area contributed by atoms with E-state index in [0.29, 0.717) is 11.8 Å². The van der Waals surface area contributed by atoms with Gasteiger partial charge in [0.25, 0.3) is 0 Å². The normalized spacial score (nSPS) is 33.2. The van der Waals surface area contributed by atoms with Gasteiger partial charge >= 0.3 is 5.97 Å². The summed E-state index contributed by atoms with van der Waals surface area (Å²) < 4.78 is 5.43. The van der Waals surface area contributed by atoms with Gasteiger partial charge in [0.15, 0.2) is 0 Å². The molecular formula is C12H20O2. The number of rotatable bonds is 2. The van der Waals surface area contributed by atoms with Crippen LogP contribution in [0.15, 0.2) is 12.2 Å². The number of ether oxygens (including phenoxy) is 1. The molecule has 1 saturated carbocycles. The van der Waals surface area contributed by atoms with Crippen LogP contribution in [0, 0.1) is 11.8 Å². The van der Waals surface area contributed by atoms with Crippen molar-refractivity contribution in [1.29, 1.82) is 0 Å². The van der Waals surface area contributed by atoms with Crippen LogP contribution in [-0.2, 0) is 9.53 Å². The van der Waals surface area contributed by atoms with Gasteiger partial charge in [-0.15, -0.1) is 0 Å². The van der Waals surface area contributed by atoms with E-state index in [4.69, 9.17) is 4.74 Å². The van der Waals surface area contributed by atoms with Crippen molar-refractivity contribution in [2.24, 2.45) is 11.8 Å². The van der Waals surface area contributed by atoms with Crippen LogP contribution in [0.25, 0.3) is 0 Å². The third-order valence-electron chi connectivity index (χ3n) is 3.00. The van der Waals surface area contributed by atoms with E-state index >= 15 is 0 Å². The van der Waals surface area contributed by atoms with Gasteiger partial charge in [0, 0.05) is 6.08 Å². The maximum atomic E-state index is 11.3. The third-order valence-corrected chi connectivity index (χ3v) is 3.00. The summed E-state index contributed by atoms with van der Waals surface area (Å²) in [5, 5.41) is 0. The lowest BCUT2D eigenvalue weighted by atomic mass is 9.80. The first kappa shape index (κ1) is 11.3. The topological polar surface area (TPSA) is 26.3 Å². The number of carbonyl (C=O) groups is 1. The van der Waals surface area contributed by atoms with Crippen LogP contribution in [0.3, 0.4) is 0 Å². The minimum absolute atomic E-state index is 0.118. The van der Waals surface area contributed by atoms with E-state index in [9.17, 15) is 4.79 Å². The Balaban J connectivity index is 2.51. The standard InChI is InChI=1S/C12H20O2/c1-4-6-11(13)14-12-9(2)7-5-8-10(12)3/h4,6,9-10,12H,5,7-8H2,1-3H3/b6-4+/t9-,10+,12+. The van der Waals surface area contributed by atoms with Gasteiger partial charge in [-0.1, -0.05) is 26.3 Å². The van der Waals surface area contributed by atoms with E-state index in [-0.39, 0.29) is 12.1 Å². The summed E-state index contributed by atoms with van der Waals surface area (Å²) in [6.07, 6.45) is 6.96. The average molecular weight is 196 g/mol. The first-order chi connectivity index (χ1) is 6.65. The number of hydrogen-bond donors (Lipinski definition) is 0. The largest absolute Gasteiger partial charge is 0.459 e. The molecule has 0 aromatic carbocycles. The van der Waals surface area contributed by atoms with Crippen molar-refractivity contribution < 1.29 is 9.53 Å². The molecule has 0 unspecified atom stereocenters. The summed E-state index contributed by atoms with van der Waals surface area (Å²) in [6.45, 7) is 6.17. The molecule has 1 aliphatic carbocycles. The van der Waals surface area contributed by atoms with Gasteiger partial charge in [0.1, 0.15) is 6.10 Å². The SMILES string of the molecule is C/C=C/C(=O)O[C@H]1[C@H](C)CCC[C@@H]1C. The summed E-state index contributed by atoms with van der Waals surface area (Å²) >= 11 is 0. The lowest BCUT2D eigenvalue weighted by Crippen LogP contribution is -2.34. The number of carbonyl (C=O) groups excluding carboxylic acids is 1. The molecule has 80 valence electrons. The van der Waals surface area contributed by atoms with Crippen LogP contribution >= 0.6 is 0 Å². The van der Waals surface area contributed by atoms with E-state index in [1.54, 1.807) is 6.08 Å². The van der Waals surface area contributed by atoms with E-state index in [2.05, 4.69) is 13.8 Å². The zero-order chi connectivity index (χ0) is 10.6. The molecule has 2 nitrogen and oxygen atoms in total. The number of hydrogen-bond acceptors (Lipinski definition) is 2. The van der Waals surface area contributed by atoms with Crippen molar-refractivity contribution in [1.82, 2.24) is 0 Å². The monoisotopic (exact) mass is 196 g/mol. The summed E-state index contributed by atoms with van der Waals surface area (Å²) in [5.41, 5.74) is 0. The lowest BCUT2D eigenvalue weighted by molar-refractivity contribution is -0.150. The predicted octanol–water partition coefficient (Wildman–Crippen LogP) is 2.93. The van der Waals surface area contributed by atoms with Crippen molar-refractivity contribution >= 4 is 5.97 Å². The van der Waals surface area contributed by atoms with E-state index in [1.807, 2.05) is 6.92 Å². The quantitative estimate of drug-likeness (QED) is 0.501. The zero-order valence-corrected chi connectivity index (χ0v) is 9.32. The smallest absolute Gasteiger partial charge is 0.330 e. The van der Waals surface area contributed by atoms with Gasteiger partial charge < -0.3 is 4.74 Å². The molecule has 0 radical (unpaired) electrons. The van der Waals surface area contributed by atoms with Crippen molar-refractivity contribution in [3.63, 3.8) is 0 Å². The highest BCUT2D eigenvalue weighted by atomic mass is 16.5. The van der Waals surface area contributed by atoms with Gasteiger partial charge in [-0.2, -0.15) is 0 Å². The van der Waals surface area contributed by atoms with Crippen LogP contribution in [0.5, 0.6) is 0 Å². The Morgan fingerprint density at radius 3 is 2.36 bits per heavy atom.